The van der Waals surface area contributed by atoms with E-state index < -0.39 is 12.1 Å². The molecule has 1 aromatic carbocycles. The summed E-state index contributed by atoms with van der Waals surface area (Å²) in [4.78, 5) is 12.1. The summed E-state index contributed by atoms with van der Waals surface area (Å²) in [6, 6.07) is 10.7. The van der Waals surface area contributed by atoms with Crippen LogP contribution >= 0.6 is 11.3 Å². The van der Waals surface area contributed by atoms with Crippen molar-refractivity contribution in [2.45, 2.75) is 19.1 Å². The predicted molar refractivity (Wildman–Crippen MR) is 83.1 cm³/mol. The predicted octanol–water partition coefficient (Wildman–Crippen LogP) is 2.68. The molecule has 1 heterocycles. The minimum atomic E-state index is -0.642. The summed E-state index contributed by atoms with van der Waals surface area (Å²) in [5.74, 6) is -0.332. The molecule has 0 amide bonds. The number of aliphatic hydroxyl groups excluding tert-OH is 1. The van der Waals surface area contributed by atoms with Crippen molar-refractivity contribution in [2.24, 2.45) is 0 Å². The van der Waals surface area contributed by atoms with Crippen molar-refractivity contribution in [3.63, 3.8) is 0 Å². The summed E-state index contributed by atoms with van der Waals surface area (Å²) < 4.78 is 5.10. The van der Waals surface area contributed by atoms with Crippen LogP contribution in [0.4, 0.5) is 0 Å². The lowest BCUT2D eigenvalue weighted by Gasteiger charge is -2.19. The fourth-order valence-corrected chi connectivity index (χ4v) is 2.73. The van der Waals surface area contributed by atoms with Crippen LogP contribution < -0.4 is 5.32 Å². The molecule has 4 nitrogen and oxygen atoms in total. The van der Waals surface area contributed by atoms with E-state index in [4.69, 9.17) is 4.74 Å². The van der Waals surface area contributed by atoms with Crippen LogP contribution in [0.3, 0.4) is 0 Å². The molecular formula is C16H19NO3S. The lowest BCUT2D eigenvalue weighted by molar-refractivity contribution is -0.146. The molecule has 5 heteroatoms. The van der Waals surface area contributed by atoms with Crippen molar-refractivity contribution in [1.29, 1.82) is 0 Å². The summed E-state index contributed by atoms with van der Waals surface area (Å²) in [7, 11) is 0. The Bertz CT molecular complexity index is 542. The van der Waals surface area contributed by atoms with Crippen molar-refractivity contribution in [2.75, 3.05) is 13.2 Å². The van der Waals surface area contributed by atoms with Crippen LogP contribution in [-0.2, 0) is 9.53 Å². The van der Waals surface area contributed by atoms with Gasteiger partial charge in [-0.1, -0.05) is 30.3 Å². The largest absolute Gasteiger partial charge is 0.465 e. The summed E-state index contributed by atoms with van der Waals surface area (Å²) in [5.41, 5.74) is 1.68. The number of aliphatic hydroxyl groups is 1. The molecule has 0 aliphatic carbocycles. The lowest BCUT2D eigenvalue weighted by atomic mass is 10.1. The first-order chi connectivity index (χ1) is 10.2. The molecular weight excluding hydrogens is 286 g/mol. The van der Waals surface area contributed by atoms with Gasteiger partial charge in [-0.2, -0.15) is 11.3 Å². The topological polar surface area (TPSA) is 58.6 Å². The van der Waals surface area contributed by atoms with Crippen molar-refractivity contribution in [3.05, 3.63) is 58.3 Å². The Labute approximate surface area is 128 Å². The highest BCUT2D eigenvalue weighted by Gasteiger charge is 2.22. The molecule has 21 heavy (non-hydrogen) atoms. The molecule has 0 fully saturated rings. The zero-order chi connectivity index (χ0) is 15.1. The number of thiophene rings is 1. The Morgan fingerprint density at radius 2 is 2.05 bits per heavy atom. The van der Waals surface area contributed by atoms with Gasteiger partial charge < -0.3 is 9.84 Å². The molecule has 2 rings (SSSR count). The van der Waals surface area contributed by atoms with E-state index in [2.05, 4.69) is 5.32 Å². The average molecular weight is 305 g/mol. The number of carbonyl (C=O) groups is 1. The van der Waals surface area contributed by atoms with Crippen LogP contribution in [0, 0.1) is 0 Å². The van der Waals surface area contributed by atoms with Crippen LogP contribution in [0.25, 0.3) is 0 Å². The van der Waals surface area contributed by atoms with Gasteiger partial charge in [0.15, 0.2) is 0 Å². The number of hydrogen-bond donors (Lipinski definition) is 2. The fourth-order valence-electron chi connectivity index (χ4n) is 2.02. The molecule has 2 unspecified atom stereocenters. The van der Waals surface area contributed by atoms with E-state index in [9.17, 15) is 9.90 Å². The summed E-state index contributed by atoms with van der Waals surface area (Å²) >= 11 is 1.53. The fraction of sp³-hybridized carbons (Fsp3) is 0.312. The summed E-state index contributed by atoms with van der Waals surface area (Å²) in [5, 5.41) is 17.0. The number of carbonyl (C=O) groups excluding carboxylic acids is 1. The molecule has 2 aromatic rings. The molecule has 1 aromatic heterocycles. The number of ether oxygens (including phenoxy) is 1. The van der Waals surface area contributed by atoms with Gasteiger partial charge in [-0.05, 0) is 34.9 Å². The van der Waals surface area contributed by atoms with Gasteiger partial charge in [0.1, 0.15) is 6.04 Å². The maximum atomic E-state index is 12.1. The van der Waals surface area contributed by atoms with E-state index in [1.165, 1.54) is 11.3 Å². The molecule has 2 N–H and O–H groups in total. The second kappa shape index (κ2) is 7.93. The standard InChI is InChI=1S/C16H19NO3S/c1-2-20-16(19)15(12-6-4-3-5-7-12)17-10-14(18)13-8-9-21-11-13/h3-9,11,14-15,17-18H,2,10H2,1H3. The Morgan fingerprint density at radius 1 is 1.29 bits per heavy atom. The lowest BCUT2D eigenvalue weighted by Crippen LogP contribution is -2.33. The highest BCUT2D eigenvalue weighted by Crippen LogP contribution is 2.18. The van der Waals surface area contributed by atoms with Crippen LogP contribution in [-0.4, -0.2) is 24.2 Å². The van der Waals surface area contributed by atoms with Crippen LogP contribution in [0.2, 0.25) is 0 Å². The smallest absolute Gasteiger partial charge is 0.327 e. The van der Waals surface area contributed by atoms with Gasteiger partial charge in [0.25, 0.3) is 0 Å². The second-order valence-electron chi connectivity index (χ2n) is 4.58. The second-order valence-corrected chi connectivity index (χ2v) is 5.36. The highest BCUT2D eigenvalue weighted by atomic mass is 32.1. The van der Waals surface area contributed by atoms with Gasteiger partial charge in [-0.3, -0.25) is 5.32 Å². The molecule has 0 saturated heterocycles. The van der Waals surface area contributed by atoms with E-state index in [1.807, 2.05) is 47.2 Å². The van der Waals surface area contributed by atoms with Gasteiger partial charge in [0.2, 0.25) is 0 Å². The normalized spacial score (nSPS) is 13.6. The number of nitrogens with one attached hydrogen (secondary N) is 1. The minimum Gasteiger partial charge on any atom is -0.465 e. The van der Waals surface area contributed by atoms with Gasteiger partial charge in [-0.25, -0.2) is 4.79 Å². The molecule has 0 saturated carbocycles. The van der Waals surface area contributed by atoms with Gasteiger partial charge in [0, 0.05) is 6.54 Å². The highest BCUT2D eigenvalue weighted by molar-refractivity contribution is 7.07. The van der Waals surface area contributed by atoms with Crippen molar-refractivity contribution >= 4 is 17.3 Å². The minimum absolute atomic E-state index is 0.287. The van der Waals surface area contributed by atoms with Crippen molar-refractivity contribution < 1.29 is 14.6 Å². The molecule has 2 atom stereocenters. The number of esters is 1. The third-order valence-electron chi connectivity index (χ3n) is 3.10. The number of rotatable bonds is 7. The van der Waals surface area contributed by atoms with Gasteiger partial charge in [-0.15, -0.1) is 0 Å². The van der Waals surface area contributed by atoms with E-state index in [0.29, 0.717) is 6.61 Å². The quantitative estimate of drug-likeness (QED) is 0.772. The first kappa shape index (κ1) is 15.7. The molecule has 0 radical (unpaired) electrons. The number of benzene rings is 1. The Hall–Kier alpha value is -1.69. The third kappa shape index (κ3) is 4.39. The first-order valence-corrected chi connectivity index (χ1v) is 7.81. The molecule has 0 aliphatic rings. The van der Waals surface area contributed by atoms with Gasteiger partial charge >= 0.3 is 5.97 Å². The van der Waals surface area contributed by atoms with Crippen molar-refractivity contribution in [3.8, 4) is 0 Å². The Kier molecular flexibility index (Phi) is 5.92. The maximum absolute atomic E-state index is 12.1. The average Bonchev–Trinajstić information content (AvgIpc) is 3.03. The molecule has 0 bridgehead atoms. The van der Waals surface area contributed by atoms with Gasteiger partial charge in [0.05, 0.1) is 12.7 Å². The first-order valence-electron chi connectivity index (χ1n) is 6.87. The van der Waals surface area contributed by atoms with E-state index in [1.54, 1.807) is 6.92 Å². The van der Waals surface area contributed by atoms with Crippen molar-refractivity contribution in [1.82, 2.24) is 5.32 Å². The van der Waals surface area contributed by atoms with E-state index >= 15 is 0 Å². The number of hydrogen-bond acceptors (Lipinski definition) is 5. The van der Waals surface area contributed by atoms with E-state index in [-0.39, 0.29) is 12.5 Å². The SMILES string of the molecule is CCOC(=O)C(NCC(O)c1ccsc1)c1ccccc1. The third-order valence-corrected chi connectivity index (χ3v) is 3.80. The van der Waals surface area contributed by atoms with Crippen LogP contribution in [0.5, 0.6) is 0 Å². The maximum Gasteiger partial charge on any atom is 0.327 e. The Morgan fingerprint density at radius 3 is 2.67 bits per heavy atom. The molecule has 0 aliphatic heterocycles. The molecule has 112 valence electrons. The zero-order valence-electron chi connectivity index (χ0n) is 11.9. The summed E-state index contributed by atoms with van der Waals surface area (Å²) in [6.45, 7) is 2.40. The summed E-state index contributed by atoms with van der Waals surface area (Å²) in [6.07, 6.45) is -0.642. The van der Waals surface area contributed by atoms with E-state index in [0.717, 1.165) is 11.1 Å². The van der Waals surface area contributed by atoms with Crippen LogP contribution in [0.15, 0.2) is 47.2 Å². The monoisotopic (exact) mass is 305 g/mol. The molecule has 0 spiro atoms. The van der Waals surface area contributed by atoms with Crippen LogP contribution in [0.1, 0.15) is 30.2 Å². The Balaban J connectivity index is 2.04. The zero-order valence-corrected chi connectivity index (χ0v) is 12.7.